The number of carbonyl (C=O) groups is 1. The minimum Gasteiger partial charge on any atom is -0.550 e. The summed E-state index contributed by atoms with van der Waals surface area (Å²) in [5, 5.41) is 11.0. The van der Waals surface area contributed by atoms with E-state index in [9.17, 15) is 9.90 Å². The van der Waals surface area contributed by atoms with Gasteiger partial charge in [-0.3, -0.25) is 0 Å². The van der Waals surface area contributed by atoms with Gasteiger partial charge in [0, 0.05) is 22.4 Å². The summed E-state index contributed by atoms with van der Waals surface area (Å²) in [6, 6.07) is 14.8. The molecule has 0 fully saturated rings. The van der Waals surface area contributed by atoms with E-state index in [2.05, 4.69) is 20.9 Å². The molecule has 4 nitrogen and oxygen atoms in total. The number of aliphatic carboxylic acids is 1. The Bertz CT molecular complexity index is 817. The number of carboxylic acid groups (broad SMARTS) is 1. The van der Waals surface area contributed by atoms with Gasteiger partial charge in [-0.05, 0) is 35.9 Å². The van der Waals surface area contributed by atoms with Crippen LogP contribution >= 0.6 is 15.9 Å². The van der Waals surface area contributed by atoms with E-state index in [1.165, 1.54) is 0 Å². The molecule has 0 N–H and O–H groups in total. The minimum atomic E-state index is -1.18. The van der Waals surface area contributed by atoms with Gasteiger partial charge in [0.05, 0.1) is 0 Å². The van der Waals surface area contributed by atoms with Crippen molar-refractivity contribution in [2.45, 2.75) is 6.42 Å². The summed E-state index contributed by atoms with van der Waals surface area (Å²) in [6.07, 6.45) is 1.48. The lowest BCUT2D eigenvalue weighted by Gasteiger charge is -2.05. The molecule has 0 aliphatic rings. The van der Waals surface area contributed by atoms with Gasteiger partial charge in [-0.1, -0.05) is 40.2 Å². The van der Waals surface area contributed by atoms with E-state index in [1.54, 1.807) is 12.1 Å². The second kappa shape index (κ2) is 6.15. The van der Waals surface area contributed by atoms with Gasteiger partial charge in [-0.15, -0.1) is 0 Å². The van der Waals surface area contributed by atoms with Crippen molar-refractivity contribution in [1.82, 2.24) is 4.98 Å². The van der Waals surface area contributed by atoms with Crippen molar-refractivity contribution in [2.24, 2.45) is 0 Å². The molecular formula is C17H11BrNO3-. The Balaban J connectivity index is 2.05. The van der Waals surface area contributed by atoms with Crippen LogP contribution in [-0.2, 0) is 4.79 Å². The molecule has 110 valence electrons. The number of oxazole rings is 1. The summed E-state index contributed by atoms with van der Waals surface area (Å²) in [5.41, 5.74) is 2.65. The molecule has 0 radical (unpaired) electrons. The number of carbonyl (C=O) groups excluding carboxylic acids is 1. The van der Waals surface area contributed by atoms with Gasteiger partial charge in [0.1, 0.15) is 5.52 Å². The molecule has 3 aromatic rings. The zero-order chi connectivity index (χ0) is 15.5. The smallest absolute Gasteiger partial charge is 0.223 e. The van der Waals surface area contributed by atoms with E-state index in [4.69, 9.17) is 4.42 Å². The molecule has 0 aliphatic carbocycles. The molecule has 3 rings (SSSR count). The Morgan fingerprint density at radius 1 is 1.18 bits per heavy atom. The second-order valence-electron chi connectivity index (χ2n) is 4.76. The summed E-state index contributed by atoms with van der Waals surface area (Å²) in [5.74, 6) is -0.876. The van der Waals surface area contributed by atoms with Gasteiger partial charge >= 0.3 is 0 Å². The van der Waals surface area contributed by atoms with Crippen molar-refractivity contribution in [3.8, 4) is 0 Å². The van der Waals surface area contributed by atoms with E-state index in [-0.39, 0.29) is 6.42 Å². The number of halogens is 1. The number of rotatable bonds is 4. The molecule has 0 amide bonds. The molecule has 0 unspecified atom stereocenters. The Morgan fingerprint density at radius 2 is 1.91 bits per heavy atom. The molecule has 0 bridgehead atoms. The number of para-hydroxylation sites is 2. The lowest BCUT2D eigenvalue weighted by molar-refractivity contribution is -0.304. The summed E-state index contributed by atoms with van der Waals surface area (Å²) in [7, 11) is 0. The predicted molar refractivity (Wildman–Crippen MR) is 85.6 cm³/mol. The summed E-state index contributed by atoms with van der Waals surface area (Å²) in [6.45, 7) is 0. The third-order valence-corrected chi connectivity index (χ3v) is 3.64. The predicted octanol–water partition coefficient (Wildman–Crippen LogP) is 3.27. The first-order valence-electron chi connectivity index (χ1n) is 6.64. The maximum absolute atomic E-state index is 11.0. The first kappa shape index (κ1) is 14.5. The first-order chi connectivity index (χ1) is 10.6. The van der Waals surface area contributed by atoms with Crippen molar-refractivity contribution >= 4 is 44.6 Å². The van der Waals surface area contributed by atoms with Gasteiger partial charge in [0.15, 0.2) is 5.58 Å². The lowest BCUT2D eigenvalue weighted by Crippen LogP contribution is -2.22. The maximum Gasteiger partial charge on any atom is 0.223 e. The number of aromatic nitrogens is 1. The fourth-order valence-corrected chi connectivity index (χ4v) is 2.38. The fraction of sp³-hybridized carbons (Fsp3) is 0.0588. The van der Waals surface area contributed by atoms with Crippen LogP contribution in [-0.4, -0.2) is 11.0 Å². The van der Waals surface area contributed by atoms with Crippen LogP contribution in [0.5, 0.6) is 0 Å². The van der Waals surface area contributed by atoms with E-state index < -0.39 is 5.97 Å². The average Bonchev–Trinajstić information content (AvgIpc) is 2.92. The summed E-state index contributed by atoms with van der Waals surface area (Å²) < 4.78 is 6.60. The molecule has 0 saturated carbocycles. The highest BCUT2D eigenvalue weighted by Crippen LogP contribution is 2.25. The summed E-state index contributed by atoms with van der Waals surface area (Å²) in [4.78, 5) is 15.4. The van der Waals surface area contributed by atoms with Crippen LogP contribution in [0, 0.1) is 0 Å². The molecule has 0 aliphatic heterocycles. The maximum atomic E-state index is 11.0. The van der Waals surface area contributed by atoms with Crippen LogP contribution < -0.4 is 5.11 Å². The Hall–Kier alpha value is -2.40. The van der Waals surface area contributed by atoms with Gasteiger partial charge in [0.2, 0.25) is 5.89 Å². The van der Waals surface area contributed by atoms with Crippen LogP contribution in [0.3, 0.4) is 0 Å². The summed E-state index contributed by atoms with van der Waals surface area (Å²) >= 11 is 3.36. The van der Waals surface area contributed by atoms with Crippen LogP contribution in [0.2, 0.25) is 0 Å². The highest BCUT2D eigenvalue weighted by Gasteiger charge is 2.11. The van der Waals surface area contributed by atoms with Gasteiger partial charge in [0.25, 0.3) is 0 Å². The number of benzene rings is 2. The average molecular weight is 357 g/mol. The van der Waals surface area contributed by atoms with Crippen molar-refractivity contribution in [1.29, 1.82) is 0 Å². The zero-order valence-corrected chi connectivity index (χ0v) is 13.0. The highest BCUT2D eigenvalue weighted by atomic mass is 79.9. The fourth-order valence-electron chi connectivity index (χ4n) is 2.11. The minimum absolute atomic E-state index is 0.261. The Labute approximate surface area is 135 Å². The van der Waals surface area contributed by atoms with Crippen molar-refractivity contribution in [2.75, 3.05) is 0 Å². The first-order valence-corrected chi connectivity index (χ1v) is 7.43. The normalized spacial score (nSPS) is 11.8. The zero-order valence-electron chi connectivity index (χ0n) is 11.5. The van der Waals surface area contributed by atoms with Crippen LogP contribution in [0.4, 0.5) is 0 Å². The molecule has 0 spiro atoms. The van der Waals surface area contributed by atoms with Gasteiger partial charge in [-0.2, -0.15) is 0 Å². The van der Waals surface area contributed by atoms with Crippen molar-refractivity contribution in [3.63, 3.8) is 0 Å². The third kappa shape index (κ3) is 3.26. The van der Waals surface area contributed by atoms with Crippen molar-refractivity contribution in [3.05, 3.63) is 64.5 Å². The number of nitrogens with zero attached hydrogens (tertiary/aromatic N) is 1. The molecule has 0 atom stereocenters. The topological polar surface area (TPSA) is 66.2 Å². The Kier molecular flexibility index (Phi) is 4.06. The monoisotopic (exact) mass is 356 g/mol. The van der Waals surface area contributed by atoms with Crippen LogP contribution in [0.25, 0.3) is 22.7 Å². The van der Waals surface area contributed by atoms with E-state index in [1.807, 2.05) is 42.5 Å². The SMILES string of the molecule is O=C([O-])C/C(=C\c1ccc(Br)cc1)c1nc2ccccc2o1. The van der Waals surface area contributed by atoms with Crippen molar-refractivity contribution < 1.29 is 14.3 Å². The Morgan fingerprint density at radius 3 is 2.59 bits per heavy atom. The van der Waals surface area contributed by atoms with Gasteiger partial charge < -0.3 is 14.3 Å². The van der Waals surface area contributed by atoms with Crippen LogP contribution in [0.15, 0.2) is 57.4 Å². The number of carboxylic acids is 1. The number of hydrogen-bond donors (Lipinski definition) is 0. The van der Waals surface area contributed by atoms with E-state index >= 15 is 0 Å². The standard InChI is InChI=1S/C17H12BrNO3/c18-13-7-5-11(6-8-13)9-12(10-16(20)21)17-19-14-3-1-2-4-15(14)22-17/h1-9H,10H2,(H,20,21)/p-1/b12-9+. The molecule has 1 heterocycles. The largest absolute Gasteiger partial charge is 0.550 e. The van der Waals surface area contributed by atoms with E-state index in [0.717, 1.165) is 10.0 Å². The molecule has 1 aromatic heterocycles. The third-order valence-electron chi connectivity index (χ3n) is 3.11. The molecule has 2 aromatic carbocycles. The quantitative estimate of drug-likeness (QED) is 0.719. The van der Waals surface area contributed by atoms with Crippen LogP contribution in [0.1, 0.15) is 17.9 Å². The second-order valence-corrected chi connectivity index (χ2v) is 5.67. The van der Waals surface area contributed by atoms with E-state index in [0.29, 0.717) is 22.6 Å². The number of hydrogen-bond acceptors (Lipinski definition) is 4. The lowest BCUT2D eigenvalue weighted by atomic mass is 10.1. The number of fused-ring (bicyclic) bond motifs is 1. The van der Waals surface area contributed by atoms with Gasteiger partial charge in [-0.25, -0.2) is 4.98 Å². The molecule has 5 heteroatoms. The molecule has 22 heavy (non-hydrogen) atoms. The highest BCUT2D eigenvalue weighted by molar-refractivity contribution is 9.10. The molecular weight excluding hydrogens is 346 g/mol. The molecule has 0 saturated heterocycles.